The Morgan fingerprint density at radius 2 is 1.33 bits per heavy atom. The second-order valence-electron chi connectivity index (χ2n) is 6.63. The van der Waals surface area contributed by atoms with E-state index >= 15 is 0 Å². The maximum Gasteiger partial charge on any atom is -0.00450 e. The van der Waals surface area contributed by atoms with Gasteiger partial charge in [-0.15, -0.1) is 0 Å². The fraction of sp³-hybridized carbons (Fsp3) is 0.824. The first kappa shape index (κ1) is 13.8. The molecular formula is C17H29N. The summed E-state index contributed by atoms with van der Waals surface area (Å²) in [7, 11) is 0. The van der Waals surface area contributed by atoms with Crippen LogP contribution in [0.3, 0.4) is 0 Å². The van der Waals surface area contributed by atoms with E-state index in [9.17, 15) is 0 Å². The molecule has 2 fully saturated rings. The first-order valence-corrected chi connectivity index (χ1v) is 7.95. The molecule has 2 aliphatic carbocycles. The smallest absolute Gasteiger partial charge is 0.00450 e. The Morgan fingerprint density at radius 3 is 1.83 bits per heavy atom. The van der Waals surface area contributed by atoms with E-state index in [4.69, 9.17) is 5.41 Å². The number of nitrogens with one attached hydrogen (secondary N) is 1. The Bertz CT molecular complexity index is 265. The molecule has 0 aliphatic heterocycles. The van der Waals surface area contributed by atoms with E-state index in [1.165, 1.54) is 51.4 Å². The summed E-state index contributed by atoms with van der Waals surface area (Å²) < 4.78 is 0. The van der Waals surface area contributed by atoms with Crippen LogP contribution in [0, 0.1) is 29.1 Å². The summed E-state index contributed by atoms with van der Waals surface area (Å²) in [6.07, 6.45) is 18.8. The molecule has 2 rings (SSSR count). The van der Waals surface area contributed by atoms with Crippen molar-refractivity contribution in [3.05, 3.63) is 12.2 Å². The van der Waals surface area contributed by atoms with Crippen LogP contribution < -0.4 is 0 Å². The lowest BCUT2D eigenvalue weighted by Crippen LogP contribution is -2.14. The molecule has 0 aromatic rings. The highest BCUT2D eigenvalue weighted by atomic mass is 14.3. The van der Waals surface area contributed by atoms with Crippen LogP contribution in [-0.4, -0.2) is 6.21 Å². The summed E-state index contributed by atoms with van der Waals surface area (Å²) in [6, 6.07) is 0. The molecule has 0 radical (unpaired) electrons. The van der Waals surface area contributed by atoms with Crippen LogP contribution in [0.5, 0.6) is 0 Å². The third kappa shape index (κ3) is 4.26. The summed E-state index contributed by atoms with van der Waals surface area (Å²) in [5, 5.41) is 7.18. The molecule has 0 aromatic carbocycles. The van der Waals surface area contributed by atoms with Crippen molar-refractivity contribution in [1.29, 1.82) is 5.41 Å². The summed E-state index contributed by atoms with van der Waals surface area (Å²) >= 11 is 0. The zero-order valence-electron chi connectivity index (χ0n) is 11.9. The predicted molar refractivity (Wildman–Crippen MR) is 79.1 cm³/mol. The van der Waals surface area contributed by atoms with Gasteiger partial charge in [-0.2, -0.15) is 0 Å². The van der Waals surface area contributed by atoms with E-state index < -0.39 is 0 Å². The minimum atomic E-state index is 0.808. The summed E-state index contributed by atoms with van der Waals surface area (Å²) in [5.41, 5.74) is 0. The molecule has 18 heavy (non-hydrogen) atoms. The van der Waals surface area contributed by atoms with E-state index in [2.05, 4.69) is 19.1 Å². The van der Waals surface area contributed by atoms with E-state index in [0.717, 1.165) is 30.1 Å². The molecule has 0 bridgehead atoms. The second-order valence-corrected chi connectivity index (χ2v) is 6.63. The fourth-order valence-electron chi connectivity index (χ4n) is 3.58. The minimum Gasteiger partial charge on any atom is -0.313 e. The minimum absolute atomic E-state index is 0.808. The van der Waals surface area contributed by atoms with Gasteiger partial charge in [-0.05, 0) is 74.8 Å². The molecule has 0 aromatic heterocycles. The van der Waals surface area contributed by atoms with Gasteiger partial charge in [-0.25, -0.2) is 0 Å². The lowest BCUT2D eigenvalue weighted by Gasteiger charge is -2.27. The molecule has 2 aliphatic rings. The largest absolute Gasteiger partial charge is 0.313 e. The van der Waals surface area contributed by atoms with Crippen LogP contribution in [0.15, 0.2) is 12.2 Å². The van der Waals surface area contributed by atoms with Crippen LogP contribution in [0.25, 0.3) is 0 Å². The third-order valence-electron chi connectivity index (χ3n) is 5.06. The summed E-state index contributed by atoms with van der Waals surface area (Å²) in [5.74, 6) is 3.49. The van der Waals surface area contributed by atoms with Crippen LogP contribution in [-0.2, 0) is 0 Å². The van der Waals surface area contributed by atoms with Crippen molar-refractivity contribution in [2.45, 2.75) is 64.7 Å². The Kier molecular flexibility index (Phi) is 5.46. The van der Waals surface area contributed by atoms with Crippen molar-refractivity contribution in [2.75, 3.05) is 0 Å². The molecular weight excluding hydrogens is 218 g/mol. The molecule has 2 saturated carbocycles. The Morgan fingerprint density at radius 1 is 0.833 bits per heavy atom. The molecule has 0 spiro atoms. The van der Waals surface area contributed by atoms with Crippen LogP contribution in [0.1, 0.15) is 64.7 Å². The van der Waals surface area contributed by atoms with Gasteiger partial charge in [-0.3, -0.25) is 0 Å². The topological polar surface area (TPSA) is 23.9 Å². The van der Waals surface area contributed by atoms with Crippen molar-refractivity contribution in [1.82, 2.24) is 0 Å². The van der Waals surface area contributed by atoms with Gasteiger partial charge in [0.25, 0.3) is 0 Å². The van der Waals surface area contributed by atoms with Crippen LogP contribution in [0.2, 0.25) is 0 Å². The van der Waals surface area contributed by atoms with E-state index in [0.29, 0.717) is 0 Å². The summed E-state index contributed by atoms with van der Waals surface area (Å²) in [6.45, 7) is 2.39. The molecule has 1 heteroatoms. The molecule has 0 heterocycles. The van der Waals surface area contributed by atoms with Crippen molar-refractivity contribution >= 4 is 6.21 Å². The average molecular weight is 247 g/mol. The standard InChI is InChI=1S/C17H29N/c1-14-2-4-15(5-3-14)6-7-16-8-10-17(11-9-16)12-13-18/h6-7,13-18H,2-5,8-12H2,1H3. The Balaban J connectivity index is 1.69. The van der Waals surface area contributed by atoms with E-state index in [-0.39, 0.29) is 0 Å². The normalized spacial score (nSPS) is 37.8. The molecule has 0 atom stereocenters. The first-order valence-electron chi connectivity index (χ1n) is 7.95. The molecule has 0 saturated heterocycles. The van der Waals surface area contributed by atoms with Crippen molar-refractivity contribution < 1.29 is 0 Å². The van der Waals surface area contributed by atoms with Crippen molar-refractivity contribution in [2.24, 2.45) is 23.7 Å². The summed E-state index contributed by atoms with van der Waals surface area (Å²) in [4.78, 5) is 0. The Labute approximate surface area is 113 Å². The molecule has 0 unspecified atom stereocenters. The van der Waals surface area contributed by atoms with Crippen molar-refractivity contribution in [3.8, 4) is 0 Å². The number of hydrogen-bond donors (Lipinski definition) is 1. The highest BCUT2D eigenvalue weighted by molar-refractivity contribution is 5.53. The van der Waals surface area contributed by atoms with E-state index in [1.807, 2.05) is 0 Å². The maximum absolute atomic E-state index is 7.18. The molecule has 0 amide bonds. The molecule has 1 N–H and O–H groups in total. The maximum atomic E-state index is 7.18. The van der Waals surface area contributed by atoms with Gasteiger partial charge >= 0.3 is 0 Å². The number of hydrogen-bond acceptors (Lipinski definition) is 1. The second kappa shape index (κ2) is 7.11. The van der Waals surface area contributed by atoms with Gasteiger partial charge in [0.2, 0.25) is 0 Å². The third-order valence-corrected chi connectivity index (χ3v) is 5.06. The first-order chi connectivity index (χ1) is 8.78. The number of allylic oxidation sites excluding steroid dienone is 2. The van der Waals surface area contributed by atoms with Gasteiger partial charge in [0.15, 0.2) is 0 Å². The average Bonchev–Trinajstić information content (AvgIpc) is 2.40. The zero-order valence-corrected chi connectivity index (χ0v) is 11.9. The van der Waals surface area contributed by atoms with Gasteiger partial charge in [0, 0.05) is 0 Å². The SMILES string of the molecule is CC1CCC(C=CC2CCC(CC=N)CC2)CC1. The number of rotatable bonds is 4. The van der Waals surface area contributed by atoms with Gasteiger partial charge < -0.3 is 5.41 Å². The van der Waals surface area contributed by atoms with Gasteiger partial charge in [0.05, 0.1) is 0 Å². The van der Waals surface area contributed by atoms with Crippen molar-refractivity contribution in [3.63, 3.8) is 0 Å². The van der Waals surface area contributed by atoms with E-state index in [1.54, 1.807) is 6.21 Å². The zero-order chi connectivity index (χ0) is 12.8. The predicted octanol–water partition coefficient (Wildman–Crippen LogP) is 5.21. The van der Waals surface area contributed by atoms with Crippen LogP contribution >= 0.6 is 0 Å². The quantitative estimate of drug-likeness (QED) is 0.520. The Hall–Kier alpha value is -0.590. The van der Waals surface area contributed by atoms with Gasteiger partial charge in [-0.1, -0.05) is 31.9 Å². The van der Waals surface area contributed by atoms with Gasteiger partial charge in [0.1, 0.15) is 0 Å². The lowest BCUT2D eigenvalue weighted by atomic mass is 9.79. The monoisotopic (exact) mass is 247 g/mol. The molecule has 1 nitrogen and oxygen atoms in total. The lowest BCUT2D eigenvalue weighted by molar-refractivity contribution is 0.311. The highest BCUT2D eigenvalue weighted by Gasteiger charge is 2.20. The fourth-order valence-corrected chi connectivity index (χ4v) is 3.58. The van der Waals surface area contributed by atoms with Crippen LogP contribution in [0.4, 0.5) is 0 Å². The molecule has 102 valence electrons. The highest BCUT2D eigenvalue weighted by Crippen LogP contribution is 2.33.